The van der Waals surface area contributed by atoms with Crippen LogP contribution in [0.3, 0.4) is 0 Å². The summed E-state index contributed by atoms with van der Waals surface area (Å²) in [5, 5.41) is 0. The van der Waals surface area contributed by atoms with Crippen molar-refractivity contribution in [2.24, 2.45) is 0 Å². The van der Waals surface area contributed by atoms with E-state index in [1.807, 2.05) is 0 Å². The minimum atomic E-state index is -0.747. The summed E-state index contributed by atoms with van der Waals surface area (Å²) >= 11 is 0. The molecule has 202 valence electrons. The highest BCUT2D eigenvalue weighted by molar-refractivity contribution is 5.92. The Labute approximate surface area is 218 Å². The van der Waals surface area contributed by atoms with E-state index >= 15 is 4.39 Å². The smallest absolute Gasteiger partial charge is 0.338 e. The average molecular weight is 531 g/mol. The molecule has 0 saturated heterocycles. The van der Waals surface area contributed by atoms with Gasteiger partial charge in [0.25, 0.3) is 0 Å². The van der Waals surface area contributed by atoms with E-state index in [0.717, 1.165) is 0 Å². The normalized spacial score (nSPS) is 14.2. The first kappa shape index (κ1) is 27.5. The van der Waals surface area contributed by atoms with Crippen LogP contribution in [0.2, 0.25) is 0 Å². The number of hydrogen-bond donors (Lipinski definition) is 0. The molecule has 1 atom stereocenters. The SMILES string of the molecule is COC(COC(=O)c1ccccc1C1c2cc(F)ccc2Oc2cc(OCC(OC)OC)c(F)cc21)OC. The fourth-order valence-corrected chi connectivity index (χ4v) is 4.21. The number of rotatable bonds is 11. The standard InChI is InChI=1S/C28H28F2O8/c1-32-25(33-2)14-36-24-13-23-20(12-21(24)30)27(19-11-16(29)9-10-22(19)38-23)17-7-5-6-8-18(17)28(31)37-15-26(34-3)35-4/h5-13,25-27H,14-15H2,1-4H3. The van der Waals surface area contributed by atoms with Gasteiger partial charge in [-0.1, -0.05) is 18.2 Å². The van der Waals surface area contributed by atoms with Crippen molar-refractivity contribution in [3.05, 3.63) is 88.5 Å². The molecule has 1 aliphatic heterocycles. The van der Waals surface area contributed by atoms with Crippen LogP contribution >= 0.6 is 0 Å². The maximum atomic E-state index is 15.3. The number of ether oxygens (including phenoxy) is 7. The second-order valence-corrected chi connectivity index (χ2v) is 8.34. The molecule has 3 aromatic rings. The summed E-state index contributed by atoms with van der Waals surface area (Å²) in [4.78, 5) is 13.1. The van der Waals surface area contributed by atoms with E-state index < -0.39 is 36.1 Å². The molecule has 0 N–H and O–H groups in total. The van der Waals surface area contributed by atoms with Gasteiger partial charge in [-0.05, 0) is 35.9 Å². The van der Waals surface area contributed by atoms with Gasteiger partial charge in [0.05, 0.1) is 5.56 Å². The van der Waals surface area contributed by atoms with Gasteiger partial charge >= 0.3 is 5.97 Å². The Morgan fingerprint density at radius 1 is 0.816 bits per heavy atom. The van der Waals surface area contributed by atoms with Gasteiger partial charge in [-0.2, -0.15) is 0 Å². The van der Waals surface area contributed by atoms with Gasteiger partial charge in [-0.3, -0.25) is 0 Å². The molecule has 0 saturated carbocycles. The fourth-order valence-electron chi connectivity index (χ4n) is 4.21. The Hall–Kier alpha value is -3.57. The predicted octanol–water partition coefficient (Wildman–Crippen LogP) is 5.02. The molecule has 1 aliphatic rings. The van der Waals surface area contributed by atoms with Crippen LogP contribution in [0.25, 0.3) is 0 Å². The molecule has 0 bridgehead atoms. The van der Waals surface area contributed by atoms with Gasteiger partial charge < -0.3 is 33.2 Å². The van der Waals surface area contributed by atoms with Crippen molar-refractivity contribution in [1.29, 1.82) is 0 Å². The highest BCUT2D eigenvalue weighted by Gasteiger charge is 2.33. The number of halogens is 2. The summed E-state index contributed by atoms with van der Waals surface area (Å²) in [7, 11) is 5.74. The van der Waals surface area contributed by atoms with Crippen molar-refractivity contribution < 1.29 is 46.7 Å². The third-order valence-corrected chi connectivity index (χ3v) is 6.15. The zero-order chi connectivity index (χ0) is 27.2. The van der Waals surface area contributed by atoms with E-state index in [9.17, 15) is 9.18 Å². The van der Waals surface area contributed by atoms with Gasteiger partial charge in [-0.15, -0.1) is 0 Å². The molecule has 0 aromatic heterocycles. The van der Waals surface area contributed by atoms with Crippen LogP contribution in [-0.4, -0.2) is 60.2 Å². The molecular formula is C28H28F2O8. The van der Waals surface area contributed by atoms with E-state index in [1.54, 1.807) is 24.3 Å². The third-order valence-electron chi connectivity index (χ3n) is 6.15. The Morgan fingerprint density at radius 3 is 2.18 bits per heavy atom. The molecule has 38 heavy (non-hydrogen) atoms. The molecule has 8 nitrogen and oxygen atoms in total. The fraction of sp³-hybridized carbons (Fsp3) is 0.321. The van der Waals surface area contributed by atoms with E-state index in [1.165, 1.54) is 58.8 Å². The van der Waals surface area contributed by atoms with Gasteiger partial charge in [0.1, 0.15) is 30.5 Å². The number of carbonyl (C=O) groups is 1. The van der Waals surface area contributed by atoms with Crippen LogP contribution < -0.4 is 9.47 Å². The number of benzene rings is 3. The van der Waals surface area contributed by atoms with Crippen molar-refractivity contribution in [2.45, 2.75) is 18.5 Å². The lowest BCUT2D eigenvalue weighted by molar-refractivity contribution is -0.129. The predicted molar refractivity (Wildman–Crippen MR) is 132 cm³/mol. The van der Waals surface area contributed by atoms with Crippen molar-refractivity contribution in [2.75, 3.05) is 41.7 Å². The average Bonchev–Trinajstić information content (AvgIpc) is 2.93. The topological polar surface area (TPSA) is 81.7 Å². The van der Waals surface area contributed by atoms with Gasteiger partial charge in [-0.25, -0.2) is 13.6 Å². The summed E-state index contributed by atoms with van der Waals surface area (Å²) in [6.07, 6.45) is -1.44. The number of carbonyl (C=O) groups excluding carboxylic acids is 1. The van der Waals surface area contributed by atoms with Crippen molar-refractivity contribution in [3.8, 4) is 17.2 Å². The van der Waals surface area contributed by atoms with Crippen molar-refractivity contribution in [1.82, 2.24) is 0 Å². The Kier molecular flexibility index (Phi) is 8.90. The van der Waals surface area contributed by atoms with Crippen LogP contribution in [0.15, 0.2) is 54.6 Å². The quantitative estimate of drug-likeness (QED) is 0.198. The minimum Gasteiger partial charge on any atom is -0.485 e. The lowest BCUT2D eigenvalue weighted by atomic mass is 9.80. The molecule has 1 unspecified atom stereocenters. The molecule has 1 heterocycles. The lowest BCUT2D eigenvalue weighted by Crippen LogP contribution is -2.24. The van der Waals surface area contributed by atoms with E-state index in [2.05, 4.69) is 0 Å². The molecule has 0 spiro atoms. The zero-order valence-electron chi connectivity index (χ0n) is 21.4. The van der Waals surface area contributed by atoms with Crippen LogP contribution in [0.4, 0.5) is 8.78 Å². The highest BCUT2D eigenvalue weighted by atomic mass is 19.1. The first-order valence-corrected chi connectivity index (χ1v) is 11.7. The molecular weight excluding hydrogens is 502 g/mol. The Balaban J connectivity index is 1.77. The molecule has 0 fully saturated rings. The molecule has 3 aromatic carbocycles. The summed E-state index contributed by atoms with van der Waals surface area (Å²) in [6, 6.07) is 13.4. The first-order valence-electron chi connectivity index (χ1n) is 11.7. The summed E-state index contributed by atoms with van der Waals surface area (Å²) in [5.74, 6) is -2.00. The van der Waals surface area contributed by atoms with Crippen LogP contribution in [0, 0.1) is 11.6 Å². The van der Waals surface area contributed by atoms with Gasteiger partial charge in [0.15, 0.2) is 24.1 Å². The summed E-state index contributed by atoms with van der Waals surface area (Å²) in [6.45, 7) is -0.207. The third kappa shape index (κ3) is 5.78. The first-order chi connectivity index (χ1) is 18.4. The van der Waals surface area contributed by atoms with Gasteiger partial charge in [0, 0.05) is 51.6 Å². The Bertz CT molecular complexity index is 1270. The van der Waals surface area contributed by atoms with E-state index in [-0.39, 0.29) is 24.5 Å². The maximum absolute atomic E-state index is 15.3. The van der Waals surface area contributed by atoms with Gasteiger partial charge in [0.2, 0.25) is 0 Å². The number of hydrogen-bond acceptors (Lipinski definition) is 8. The second-order valence-electron chi connectivity index (χ2n) is 8.34. The van der Waals surface area contributed by atoms with Crippen LogP contribution in [-0.2, 0) is 23.7 Å². The van der Waals surface area contributed by atoms with E-state index in [4.69, 9.17) is 33.2 Å². The zero-order valence-corrected chi connectivity index (χ0v) is 21.4. The van der Waals surface area contributed by atoms with Crippen LogP contribution in [0.1, 0.15) is 33.0 Å². The lowest BCUT2D eigenvalue weighted by Gasteiger charge is -2.30. The molecule has 4 rings (SSSR count). The maximum Gasteiger partial charge on any atom is 0.338 e. The Morgan fingerprint density at radius 2 is 1.47 bits per heavy atom. The largest absolute Gasteiger partial charge is 0.485 e. The monoisotopic (exact) mass is 530 g/mol. The van der Waals surface area contributed by atoms with E-state index in [0.29, 0.717) is 28.2 Å². The number of methoxy groups -OCH3 is 4. The highest BCUT2D eigenvalue weighted by Crippen LogP contribution is 2.49. The molecule has 10 heteroatoms. The van der Waals surface area contributed by atoms with Crippen molar-refractivity contribution in [3.63, 3.8) is 0 Å². The van der Waals surface area contributed by atoms with Crippen molar-refractivity contribution >= 4 is 5.97 Å². The summed E-state index contributed by atoms with van der Waals surface area (Å²) in [5.41, 5.74) is 1.51. The molecule has 0 aliphatic carbocycles. The van der Waals surface area contributed by atoms with Crippen LogP contribution in [0.5, 0.6) is 17.2 Å². The number of esters is 1. The number of fused-ring (bicyclic) bond motifs is 2. The molecule has 0 radical (unpaired) electrons. The minimum absolute atomic E-state index is 0.0629. The second kappa shape index (κ2) is 12.3. The molecule has 0 amide bonds. The summed E-state index contributed by atoms with van der Waals surface area (Å²) < 4.78 is 67.0.